The fraction of sp³-hybridized carbons (Fsp3) is 0.706. The van der Waals surface area contributed by atoms with Crippen LogP contribution in [0.4, 0.5) is 0 Å². The minimum atomic E-state index is 0.268. The molecule has 1 aromatic rings. The molecule has 3 heteroatoms. The van der Waals surface area contributed by atoms with Crippen molar-refractivity contribution in [2.75, 3.05) is 6.54 Å². The molecule has 0 bridgehead atoms. The Labute approximate surface area is 121 Å². The molecular weight excluding hydrogens is 248 g/mol. The third kappa shape index (κ3) is 2.83. The van der Waals surface area contributed by atoms with Crippen molar-refractivity contribution < 1.29 is 0 Å². The molecule has 110 valence electrons. The Morgan fingerprint density at radius 1 is 1.30 bits per heavy atom. The Balaban J connectivity index is 1.90. The number of aryl methyl sites for hydroxylation is 1. The summed E-state index contributed by atoms with van der Waals surface area (Å²) in [4.78, 5) is 12.7. The second-order valence-corrected chi connectivity index (χ2v) is 6.78. The van der Waals surface area contributed by atoms with Gasteiger partial charge in [0.15, 0.2) is 0 Å². The minimum absolute atomic E-state index is 0.268. The summed E-state index contributed by atoms with van der Waals surface area (Å²) < 4.78 is 2.14. The first-order chi connectivity index (χ1) is 9.66. The van der Waals surface area contributed by atoms with E-state index < -0.39 is 0 Å². The highest BCUT2D eigenvalue weighted by molar-refractivity contribution is 5.30. The summed E-state index contributed by atoms with van der Waals surface area (Å²) in [7, 11) is 0. The quantitative estimate of drug-likeness (QED) is 0.896. The van der Waals surface area contributed by atoms with Crippen LogP contribution < -0.4 is 10.9 Å². The van der Waals surface area contributed by atoms with Crippen molar-refractivity contribution in [1.82, 2.24) is 9.88 Å². The van der Waals surface area contributed by atoms with Crippen molar-refractivity contribution in [2.45, 2.75) is 65.0 Å². The summed E-state index contributed by atoms with van der Waals surface area (Å²) in [5.74, 6) is 0.623. The molecule has 2 aliphatic rings. The zero-order valence-corrected chi connectivity index (χ0v) is 12.7. The first-order valence-electron chi connectivity index (χ1n) is 8.13. The van der Waals surface area contributed by atoms with Crippen LogP contribution in [0.3, 0.4) is 0 Å². The highest BCUT2D eigenvalue weighted by Crippen LogP contribution is 2.36. The standard InChI is InChI=1S/C17H26N2O/c1-12(2)10-18-11-14-9-13-5-3-4-6-16(13)19(17(14)20)15-7-8-15/h9,12,15,18H,3-8,10-11H2,1-2H3. The summed E-state index contributed by atoms with van der Waals surface area (Å²) in [6, 6.07) is 2.68. The minimum Gasteiger partial charge on any atom is -0.312 e. The predicted molar refractivity (Wildman–Crippen MR) is 82.2 cm³/mol. The van der Waals surface area contributed by atoms with Gasteiger partial charge < -0.3 is 9.88 Å². The van der Waals surface area contributed by atoms with Gasteiger partial charge >= 0.3 is 0 Å². The lowest BCUT2D eigenvalue weighted by atomic mass is 9.94. The summed E-state index contributed by atoms with van der Waals surface area (Å²) in [6.45, 7) is 6.08. The highest BCUT2D eigenvalue weighted by Gasteiger charge is 2.29. The molecule has 1 N–H and O–H groups in total. The first kappa shape index (κ1) is 13.9. The lowest BCUT2D eigenvalue weighted by molar-refractivity contribution is 0.538. The maximum Gasteiger partial charge on any atom is 0.255 e. The largest absolute Gasteiger partial charge is 0.312 e. The predicted octanol–water partition coefficient (Wildman–Crippen LogP) is 2.81. The van der Waals surface area contributed by atoms with Gasteiger partial charge in [0.05, 0.1) is 0 Å². The van der Waals surface area contributed by atoms with E-state index in [0.29, 0.717) is 12.0 Å². The number of fused-ring (bicyclic) bond motifs is 1. The van der Waals surface area contributed by atoms with Crippen LogP contribution in [0, 0.1) is 5.92 Å². The molecule has 1 saturated carbocycles. The van der Waals surface area contributed by atoms with Crippen LogP contribution in [0.25, 0.3) is 0 Å². The van der Waals surface area contributed by atoms with Gasteiger partial charge in [0.1, 0.15) is 0 Å². The molecule has 0 aromatic carbocycles. The van der Waals surface area contributed by atoms with Gasteiger partial charge in [0.2, 0.25) is 0 Å². The normalized spacial score (nSPS) is 18.4. The fourth-order valence-corrected chi connectivity index (χ4v) is 3.23. The average molecular weight is 274 g/mol. The van der Waals surface area contributed by atoms with E-state index in [1.807, 2.05) is 0 Å². The van der Waals surface area contributed by atoms with E-state index in [2.05, 4.69) is 29.8 Å². The molecule has 1 heterocycles. The van der Waals surface area contributed by atoms with Gasteiger partial charge in [-0.1, -0.05) is 13.8 Å². The Bertz CT molecular complexity index is 541. The number of rotatable bonds is 5. The molecule has 20 heavy (non-hydrogen) atoms. The Kier molecular flexibility index (Phi) is 3.97. The van der Waals surface area contributed by atoms with E-state index >= 15 is 0 Å². The maximum atomic E-state index is 12.7. The molecule has 3 nitrogen and oxygen atoms in total. The maximum absolute atomic E-state index is 12.7. The fourth-order valence-electron chi connectivity index (χ4n) is 3.23. The van der Waals surface area contributed by atoms with Crippen LogP contribution in [-0.4, -0.2) is 11.1 Å². The molecule has 0 amide bonds. The summed E-state index contributed by atoms with van der Waals surface area (Å²) in [6.07, 6.45) is 7.14. The third-order valence-corrected chi connectivity index (χ3v) is 4.39. The molecular formula is C17H26N2O. The molecule has 0 aliphatic heterocycles. The Morgan fingerprint density at radius 3 is 2.75 bits per heavy atom. The van der Waals surface area contributed by atoms with E-state index in [1.54, 1.807) is 0 Å². The van der Waals surface area contributed by atoms with E-state index in [0.717, 1.165) is 31.5 Å². The van der Waals surface area contributed by atoms with Gasteiger partial charge in [0, 0.05) is 23.8 Å². The van der Waals surface area contributed by atoms with Crippen molar-refractivity contribution in [1.29, 1.82) is 0 Å². The van der Waals surface area contributed by atoms with Crippen LogP contribution in [0.5, 0.6) is 0 Å². The number of nitrogens with one attached hydrogen (secondary N) is 1. The second kappa shape index (κ2) is 5.72. The molecule has 0 spiro atoms. The third-order valence-electron chi connectivity index (χ3n) is 4.39. The van der Waals surface area contributed by atoms with Crippen molar-refractivity contribution in [3.63, 3.8) is 0 Å². The zero-order valence-electron chi connectivity index (χ0n) is 12.7. The molecule has 1 aromatic heterocycles. The lowest BCUT2D eigenvalue weighted by Crippen LogP contribution is -2.32. The van der Waals surface area contributed by atoms with Crippen LogP contribution in [0.2, 0.25) is 0 Å². The van der Waals surface area contributed by atoms with Gasteiger partial charge in [-0.2, -0.15) is 0 Å². The van der Waals surface area contributed by atoms with E-state index in [4.69, 9.17) is 0 Å². The van der Waals surface area contributed by atoms with Crippen LogP contribution in [0.15, 0.2) is 10.9 Å². The van der Waals surface area contributed by atoms with Crippen LogP contribution in [-0.2, 0) is 19.4 Å². The van der Waals surface area contributed by atoms with Gasteiger partial charge in [-0.05, 0) is 62.6 Å². The van der Waals surface area contributed by atoms with E-state index in [1.165, 1.54) is 36.9 Å². The molecule has 0 saturated heterocycles. The van der Waals surface area contributed by atoms with Gasteiger partial charge in [0.25, 0.3) is 5.56 Å². The van der Waals surface area contributed by atoms with Crippen LogP contribution >= 0.6 is 0 Å². The topological polar surface area (TPSA) is 34.0 Å². The summed E-state index contributed by atoms with van der Waals surface area (Å²) in [5.41, 5.74) is 4.02. The number of hydrogen-bond acceptors (Lipinski definition) is 2. The van der Waals surface area contributed by atoms with Gasteiger partial charge in [-0.3, -0.25) is 4.79 Å². The van der Waals surface area contributed by atoms with E-state index in [-0.39, 0.29) is 5.56 Å². The van der Waals surface area contributed by atoms with Crippen molar-refractivity contribution >= 4 is 0 Å². The Hall–Kier alpha value is -1.09. The second-order valence-electron chi connectivity index (χ2n) is 6.78. The monoisotopic (exact) mass is 274 g/mol. The average Bonchev–Trinajstić information content (AvgIpc) is 3.23. The SMILES string of the molecule is CC(C)CNCc1cc2c(n(C3CC3)c1=O)CCCC2. The lowest BCUT2D eigenvalue weighted by Gasteiger charge is -2.22. The molecule has 2 aliphatic carbocycles. The molecule has 1 fully saturated rings. The number of aromatic nitrogens is 1. The molecule has 0 atom stereocenters. The number of hydrogen-bond donors (Lipinski definition) is 1. The summed E-state index contributed by atoms with van der Waals surface area (Å²) in [5, 5.41) is 3.42. The number of nitrogens with zero attached hydrogens (tertiary/aromatic N) is 1. The van der Waals surface area contributed by atoms with E-state index in [9.17, 15) is 4.79 Å². The highest BCUT2D eigenvalue weighted by atomic mass is 16.1. The van der Waals surface area contributed by atoms with Crippen molar-refractivity contribution in [3.05, 3.63) is 33.2 Å². The van der Waals surface area contributed by atoms with Crippen molar-refractivity contribution in [3.8, 4) is 0 Å². The van der Waals surface area contributed by atoms with Crippen LogP contribution in [0.1, 0.15) is 62.4 Å². The molecule has 3 rings (SSSR count). The number of pyridine rings is 1. The Morgan fingerprint density at radius 2 is 2.05 bits per heavy atom. The molecule has 0 unspecified atom stereocenters. The first-order valence-corrected chi connectivity index (χ1v) is 8.13. The summed E-state index contributed by atoms with van der Waals surface area (Å²) >= 11 is 0. The van der Waals surface area contributed by atoms with Gasteiger partial charge in [-0.15, -0.1) is 0 Å². The zero-order chi connectivity index (χ0) is 14.1. The molecule has 0 radical (unpaired) electrons. The smallest absolute Gasteiger partial charge is 0.255 e. The van der Waals surface area contributed by atoms with Gasteiger partial charge in [-0.25, -0.2) is 0 Å². The van der Waals surface area contributed by atoms with Crippen molar-refractivity contribution in [2.24, 2.45) is 5.92 Å².